The van der Waals surface area contributed by atoms with E-state index in [1.165, 1.54) is 0 Å². The molecule has 10 heavy (non-hydrogen) atoms. The second-order valence-corrected chi connectivity index (χ2v) is 2.77. The Morgan fingerprint density at radius 1 is 1.90 bits per heavy atom. The number of rotatable bonds is 2. The zero-order chi connectivity index (χ0) is 7.56. The van der Waals surface area contributed by atoms with Crippen LogP contribution in [-0.2, 0) is 18.3 Å². The molecule has 0 fully saturated rings. The summed E-state index contributed by atoms with van der Waals surface area (Å²) in [5.41, 5.74) is 0.796. The van der Waals surface area contributed by atoms with Crippen molar-refractivity contribution in [2.75, 3.05) is 0 Å². The minimum absolute atomic E-state index is 0.388. The third-order valence-corrected chi connectivity index (χ3v) is 1.91. The molecule has 54 valence electrons. The molecule has 0 saturated carbocycles. The van der Waals surface area contributed by atoms with Crippen molar-refractivity contribution in [3.05, 3.63) is 16.4 Å². The fourth-order valence-electron chi connectivity index (χ4n) is 0.685. The molecule has 0 aliphatic heterocycles. The summed E-state index contributed by atoms with van der Waals surface area (Å²) < 4.78 is 2.57. The van der Waals surface area contributed by atoms with Gasteiger partial charge in [0.2, 0.25) is 0 Å². The maximum Gasteiger partial charge on any atom is 0.126 e. The normalized spacial score (nSPS) is 9.80. The summed E-state index contributed by atoms with van der Waals surface area (Å²) in [6, 6.07) is 1.83. The Kier molecular flexibility index (Phi) is 2.21. The predicted octanol–water partition coefficient (Wildman–Crippen LogP) is 0.924. The van der Waals surface area contributed by atoms with Crippen LogP contribution >= 0.6 is 15.9 Å². The third kappa shape index (κ3) is 1.44. The zero-order valence-electron chi connectivity index (χ0n) is 5.54. The van der Waals surface area contributed by atoms with E-state index >= 15 is 0 Å². The Labute approximate surface area is 67.2 Å². The van der Waals surface area contributed by atoms with E-state index in [4.69, 9.17) is 0 Å². The predicted molar refractivity (Wildman–Crippen MR) is 40.7 cm³/mol. The van der Waals surface area contributed by atoms with Crippen LogP contribution < -0.4 is 0 Å². The number of hydrogen-bond acceptors (Lipinski definition) is 2. The summed E-state index contributed by atoms with van der Waals surface area (Å²) in [7, 11) is 1.82. The number of carbonyl (C=O) groups excluding carboxylic acids is 1. The Hall–Kier alpha value is -0.640. The van der Waals surface area contributed by atoms with E-state index in [1.807, 2.05) is 13.1 Å². The van der Waals surface area contributed by atoms with Crippen LogP contribution in [0.15, 0.2) is 10.7 Å². The minimum atomic E-state index is 0.388. The van der Waals surface area contributed by atoms with Gasteiger partial charge in [0.25, 0.3) is 0 Å². The summed E-state index contributed by atoms with van der Waals surface area (Å²) in [5.74, 6) is 0. The first-order valence-corrected chi connectivity index (χ1v) is 3.65. The van der Waals surface area contributed by atoms with Crippen LogP contribution in [0.25, 0.3) is 0 Å². The highest BCUT2D eigenvalue weighted by atomic mass is 79.9. The summed E-state index contributed by atoms with van der Waals surface area (Å²) in [5, 5.41) is 4.04. The summed E-state index contributed by atoms with van der Waals surface area (Å²) in [6.07, 6.45) is 1.23. The average Bonchev–Trinajstić information content (AvgIpc) is 2.14. The molecule has 1 aromatic heterocycles. The monoisotopic (exact) mass is 202 g/mol. The van der Waals surface area contributed by atoms with Crippen LogP contribution in [-0.4, -0.2) is 16.1 Å². The first-order chi connectivity index (χ1) is 4.74. The molecule has 4 heteroatoms. The van der Waals surface area contributed by atoms with Gasteiger partial charge in [0, 0.05) is 13.5 Å². The second kappa shape index (κ2) is 2.96. The topological polar surface area (TPSA) is 34.9 Å². The van der Waals surface area contributed by atoms with Crippen LogP contribution in [0.5, 0.6) is 0 Å². The quantitative estimate of drug-likeness (QED) is 0.670. The summed E-state index contributed by atoms with van der Waals surface area (Å²) in [4.78, 5) is 10.0. The molecule has 0 saturated heterocycles. The van der Waals surface area contributed by atoms with E-state index < -0.39 is 0 Å². The average molecular weight is 203 g/mol. The second-order valence-electron chi connectivity index (χ2n) is 1.95. The van der Waals surface area contributed by atoms with Gasteiger partial charge >= 0.3 is 0 Å². The van der Waals surface area contributed by atoms with Gasteiger partial charge in [-0.3, -0.25) is 4.68 Å². The fraction of sp³-hybridized carbons (Fsp3) is 0.333. The lowest BCUT2D eigenvalue weighted by molar-refractivity contribution is -0.107. The van der Waals surface area contributed by atoms with Crippen molar-refractivity contribution in [3.63, 3.8) is 0 Å². The first-order valence-electron chi connectivity index (χ1n) is 2.86. The molecule has 0 spiro atoms. The molecule has 0 aromatic carbocycles. The van der Waals surface area contributed by atoms with Gasteiger partial charge in [-0.1, -0.05) is 0 Å². The summed E-state index contributed by atoms with van der Waals surface area (Å²) >= 11 is 3.27. The molecule has 1 heterocycles. The van der Waals surface area contributed by atoms with Crippen LogP contribution in [0.3, 0.4) is 0 Å². The molecule has 0 atom stereocenters. The van der Waals surface area contributed by atoms with Gasteiger partial charge in [0.1, 0.15) is 10.9 Å². The van der Waals surface area contributed by atoms with Crippen molar-refractivity contribution in [3.8, 4) is 0 Å². The number of carbonyl (C=O) groups is 1. The van der Waals surface area contributed by atoms with Gasteiger partial charge in [0.05, 0.1) is 5.69 Å². The van der Waals surface area contributed by atoms with E-state index in [-0.39, 0.29) is 0 Å². The number of aryl methyl sites for hydroxylation is 1. The molecular formula is C6H7BrN2O. The molecule has 0 N–H and O–H groups in total. The van der Waals surface area contributed by atoms with E-state index in [9.17, 15) is 4.79 Å². The summed E-state index contributed by atoms with van der Waals surface area (Å²) in [6.45, 7) is 0. The number of aromatic nitrogens is 2. The largest absolute Gasteiger partial charge is 0.303 e. The molecule has 0 radical (unpaired) electrons. The Balaban J connectivity index is 2.86. The van der Waals surface area contributed by atoms with Crippen LogP contribution in [0.4, 0.5) is 0 Å². The lowest BCUT2D eigenvalue weighted by atomic mass is 10.3. The van der Waals surface area contributed by atoms with Crippen LogP contribution in [0.1, 0.15) is 5.69 Å². The lowest BCUT2D eigenvalue weighted by Crippen LogP contribution is -1.92. The minimum Gasteiger partial charge on any atom is -0.303 e. The van der Waals surface area contributed by atoms with Crippen molar-refractivity contribution in [1.82, 2.24) is 9.78 Å². The maximum atomic E-state index is 10.0. The van der Waals surface area contributed by atoms with E-state index in [2.05, 4.69) is 21.0 Å². The van der Waals surface area contributed by atoms with E-state index in [0.29, 0.717) is 6.42 Å². The van der Waals surface area contributed by atoms with Crippen LogP contribution in [0, 0.1) is 0 Å². The van der Waals surface area contributed by atoms with Crippen molar-refractivity contribution in [2.45, 2.75) is 6.42 Å². The Morgan fingerprint density at radius 2 is 2.60 bits per heavy atom. The lowest BCUT2D eigenvalue weighted by Gasteiger charge is -1.86. The van der Waals surface area contributed by atoms with Gasteiger partial charge in [-0.05, 0) is 22.0 Å². The SMILES string of the molecule is Cn1nc(CC=O)cc1Br. The van der Waals surface area contributed by atoms with E-state index in [1.54, 1.807) is 4.68 Å². The molecule has 0 bridgehead atoms. The highest BCUT2D eigenvalue weighted by Crippen LogP contribution is 2.09. The third-order valence-electron chi connectivity index (χ3n) is 1.17. The molecule has 0 aliphatic carbocycles. The molecule has 1 rings (SSSR count). The van der Waals surface area contributed by atoms with Gasteiger partial charge < -0.3 is 4.79 Å². The van der Waals surface area contributed by atoms with Gasteiger partial charge in [-0.15, -0.1) is 0 Å². The molecule has 0 amide bonds. The van der Waals surface area contributed by atoms with Gasteiger partial charge in [0.15, 0.2) is 0 Å². The standard InChI is InChI=1S/C6H7BrN2O/c1-9-6(7)4-5(8-9)2-3-10/h3-4H,2H2,1H3. The zero-order valence-corrected chi connectivity index (χ0v) is 7.13. The first kappa shape index (κ1) is 7.47. The number of nitrogens with zero attached hydrogens (tertiary/aromatic N) is 2. The van der Waals surface area contributed by atoms with Crippen molar-refractivity contribution in [2.24, 2.45) is 7.05 Å². The van der Waals surface area contributed by atoms with E-state index in [0.717, 1.165) is 16.6 Å². The number of halogens is 1. The van der Waals surface area contributed by atoms with Gasteiger partial charge in [-0.2, -0.15) is 5.10 Å². The maximum absolute atomic E-state index is 10.0. The van der Waals surface area contributed by atoms with Crippen molar-refractivity contribution >= 4 is 22.2 Å². The van der Waals surface area contributed by atoms with Crippen molar-refractivity contribution in [1.29, 1.82) is 0 Å². The fourth-order valence-corrected chi connectivity index (χ4v) is 1.03. The smallest absolute Gasteiger partial charge is 0.126 e. The number of hydrogen-bond donors (Lipinski definition) is 0. The van der Waals surface area contributed by atoms with Crippen LogP contribution in [0.2, 0.25) is 0 Å². The molecule has 3 nitrogen and oxygen atoms in total. The molecular weight excluding hydrogens is 196 g/mol. The Morgan fingerprint density at radius 3 is 3.00 bits per heavy atom. The highest BCUT2D eigenvalue weighted by molar-refractivity contribution is 9.10. The van der Waals surface area contributed by atoms with Gasteiger partial charge in [-0.25, -0.2) is 0 Å². The highest BCUT2D eigenvalue weighted by Gasteiger charge is 1.99. The van der Waals surface area contributed by atoms with Crippen molar-refractivity contribution < 1.29 is 4.79 Å². The molecule has 1 aromatic rings. The molecule has 0 aliphatic rings. The Bertz CT molecular complexity index is 224. The molecule has 0 unspecified atom stereocenters. The number of aldehydes is 1.